The standard InChI is InChI=1S/C9H20O2.2C7H6O2/c1-5-8(6-2)9(4,11)7(3)10;2*8-7(9)6-4-2-1-3-5-6/h7-8,10-11H,5-6H2,1-4H3;2*1-5H,(H,8,9). The first-order chi connectivity index (χ1) is 13.6. The lowest BCUT2D eigenvalue weighted by molar-refractivity contribution is -0.0946. The molecule has 2 unspecified atom stereocenters. The number of aliphatic hydroxyl groups is 2. The highest BCUT2D eigenvalue weighted by molar-refractivity contribution is 5.87. The summed E-state index contributed by atoms with van der Waals surface area (Å²) in [7, 11) is 0. The Balaban J connectivity index is 0.000000408. The number of rotatable bonds is 6. The maximum atomic E-state index is 10.2. The number of benzene rings is 2. The predicted octanol–water partition coefficient (Wildman–Crippen LogP) is 4.32. The highest BCUT2D eigenvalue weighted by Crippen LogP contribution is 2.26. The maximum Gasteiger partial charge on any atom is 0.335 e. The number of carboxylic acids is 2. The molecule has 2 aromatic carbocycles. The van der Waals surface area contributed by atoms with Gasteiger partial charge in [0.1, 0.15) is 0 Å². The van der Waals surface area contributed by atoms with Gasteiger partial charge in [-0.25, -0.2) is 9.59 Å². The van der Waals surface area contributed by atoms with E-state index in [0.717, 1.165) is 12.8 Å². The largest absolute Gasteiger partial charge is 0.478 e. The van der Waals surface area contributed by atoms with Crippen molar-refractivity contribution < 1.29 is 30.0 Å². The zero-order valence-corrected chi connectivity index (χ0v) is 17.4. The Morgan fingerprint density at radius 2 is 1.14 bits per heavy atom. The van der Waals surface area contributed by atoms with Gasteiger partial charge in [-0.05, 0) is 44.0 Å². The molecule has 160 valence electrons. The van der Waals surface area contributed by atoms with Gasteiger partial charge in [0.2, 0.25) is 0 Å². The van der Waals surface area contributed by atoms with Gasteiger partial charge < -0.3 is 20.4 Å². The summed E-state index contributed by atoms with van der Waals surface area (Å²) < 4.78 is 0. The SMILES string of the molecule is CCC(CC)C(C)(O)C(C)O.O=C(O)c1ccccc1.O=C(O)c1ccccc1. The molecule has 0 amide bonds. The number of carboxylic acid groups (broad SMARTS) is 2. The Labute approximate surface area is 172 Å². The predicted molar refractivity (Wildman–Crippen MR) is 113 cm³/mol. The van der Waals surface area contributed by atoms with E-state index in [1.807, 2.05) is 13.8 Å². The van der Waals surface area contributed by atoms with E-state index in [1.54, 1.807) is 74.5 Å². The molecule has 0 aromatic heterocycles. The van der Waals surface area contributed by atoms with Gasteiger partial charge in [0.15, 0.2) is 0 Å². The number of hydrogen-bond donors (Lipinski definition) is 4. The molecule has 0 aliphatic carbocycles. The smallest absolute Gasteiger partial charge is 0.335 e. The average molecular weight is 405 g/mol. The van der Waals surface area contributed by atoms with Crippen molar-refractivity contribution in [3.63, 3.8) is 0 Å². The van der Waals surface area contributed by atoms with Gasteiger partial charge in [-0.2, -0.15) is 0 Å². The van der Waals surface area contributed by atoms with Crippen LogP contribution in [-0.4, -0.2) is 44.1 Å². The van der Waals surface area contributed by atoms with Crippen molar-refractivity contribution in [3.8, 4) is 0 Å². The van der Waals surface area contributed by atoms with Crippen molar-refractivity contribution in [1.29, 1.82) is 0 Å². The summed E-state index contributed by atoms with van der Waals surface area (Å²) in [6.45, 7) is 7.41. The molecule has 0 bridgehead atoms. The Hall–Kier alpha value is -2.70. The van der Waals surface area contributed by atoms with Gasteiger partial charge in [0.05, 0.1) is 22.8 Å². The Kier molecular flexibility index (Phi) is 12.2. The fraction of sp³-hybridized carbons (Fsp3) is 0.391. The Morgan fingerprint density at radius 3 is 1.28 bits per heavy atom. The van der Waals surface area contributed by atoms with Crippen LogP contribution < -0.4 is 0 Å². The minimum atomic E-state index is -0.927. The van der Waals surface area contributed by atoms with E-state index in [2.05, 4.69) is 0 Å². The van der Waals surface area contributed by atoms with Crippen molar-refractivity contribution in [3.05, 3.63) is 71.8 Å². The summed E-state index contributed by atoms with van der Waals surface area (Å²) in [6.07, 6.45) is 1.18. The zero-order chi connectivity index (χ0) is 22.4. The molecule has 0 saturated carbocycles. The molecule has 4 N–H and O–H groups in total. The lowest BCUT2D eigenvalue weighted by Gasteiger charge is -2.34. The first-order valence-corrected chi connectivity index (χ1v) is 9.54. The van der Waals surface area contributed by atoms with Crippen LogP contribution in [0.5, 0.6) is 0 Å². The molecule has 0 fully saturated rings. The molecule has 0 heterocycles. The molecule has 6 heteroatoms. The lowest BCUT2D eigenvalue weighted by atomic mass is 9.81. The molecule has 0 spiro atoms. The fourth-order valence-corrected chi connectivity index (χ4v) is 2.62. The molecule has 0 aliphatic rings. The molecular weight excluding hydrogens is 372 g/mol. The van der Waals surface area contributed by atoms with Crippen LogP contribution in [0.15, 0.2) is 60.7 Å². The first-order valence-electron chi connectivity index (χ1n) is 9.54. The number of carbonyl (C=O) groups is 2. The number of aromatic carboxylic acids is 2. The van der Waals surface area contributed by atoms with Crippen LogP contribution in [0.1, 0.15) is 61.3 Å². The monoisotopic (exact) mass is 404 g/mol. The second kappa shape index (κ2) is 13.5. The zero-order valence-electron chi connectivity index (χ0n) is 17.4. The lowest BCUT2D eigenvalue weighted by Crippen LogP contribution is -2.44. The minimum Gasteiger partial charge on any atom is -0.478 e. The van der Waals surface area contributed by atoms with E-state index in [1.165, 1.54) is 0 Å². The van der Waals surface area contributed by atoms with Crippen LogP contribution in [0.4, 0.5) is 0 Å². The van der Waals surface area contributed by atoms with Crippen molar-refractivity contribution in [1.82, 2.24) is 0 Å². The van der Waals surface area contributed by atoms with Gasteiger partial charge in [0, 0.05) is 0 Å². The normalized spacial score (nSPS) is 13.1. The van der Waals surface area contributed by atoms with Gasteiger partial charge in [-0.15, -0.1) is 0 Å². The first kappa shape index (κ1) is 26.3. The van der Waals surface area contributed by atoms with Gasteiger partial charge >= 0.3 is 11.9 Å². The van der Waals surface area contributed by atoms with Crippen LogP contribution in [0.3, 0.4) is 0 Å². The fourth-order valence-electron chi connectivity index (χ4n) is 2.62. The van der Waals surface area contributed by atoms with Crippen molar-refractivity contribution >= 4 is 11.9 Å². The summed E-state index contributed by atoms with van der Waals surface area (Å²) in [5.74, 6) is -1.56. The van der Waals surface area contributed by atoms with Crippen LogP contribution in [0.2, 0.25) is 0 Å². The van der Waals surface area contributed by atoms with Gasteiger partial charge in [-0.1, -0.05) is 63.1 Å². The molecule has 6 nitrogen and oxygen atoms in total. The van der Waals surface area contributed by atoms with Crippen molar-refractivity contribution in [2.24, 2.45) is 5.92 Å². The van der Waals surface area contributed by atoms with E-state index in [-0.39, 0.29) is 5.92 Å². The Bertz CT molecular complexity index is 657. The second-order valence-electron chi connectivity index (χ2n) is 6.76. The summed E-state index contributed by atoms with van der Waals surface area (Å²) in [5, 5.41) is 35.8. The molecular formula is C23H32O6. The Morgan fingerprint density at radius 1 is 0.828 bits per heavy atom. The number of aliphatic hydroxyl groups excluding tert-OH is 1. The summed E-state index contributed by atoms with van der Waals surface area (Å²) in [6, 6.07) is 16.6. The molecule has 2 rings (SSSR count). The molecule has 0 aliphatic heterocycles. The molecule has 0 radical (unpaired) electrons. The van der Waals surface area contributed by atoms with Crippen LogP contribution in [0.25, 0.3) is 0 Å². The topological polar surface area (TPSA) is 115 Å². The second-order valence-corrected chi connectivity index (χ2v) is 6.76. The van der Waals surface area contributed by atoms with E-state index in [9.17, 15) is 19.8 Å². The molecule has 2 aromatic rings. The third-order valence-electron chi connectivity index (χ3n) is 4.70. The highest BCUT2D eigenvalue weighted by Gasteiger charge is 2.33. The van der Waals surface area contributed by atoms with Crippen molar-refractivity contribution in [2.75, 3.05) is 0 Å². The average Bonchev–Trinajstić information content (AvgIpc) is 2.71. The molecule has 2 atom stereocenters. The van der Waals surface area contributed by atoms with E-state index in [4.69, 9.17) is 10.2 Å². The summed E-state index contributed by atoms with van der Waals surface area (Å²) in [4.78, 5) is 20.4. The van der Waals surface area contributed by atoms with Crippen LogP contribution >= 0.6 is 0 Å². The third kappa shape index (κ3) is 9.87. The van der Waals surface area contributed by atoms with Crippen molar-refractivity contribution in [2.45, 2.75) is 52.2 Å². The van der Waals surface area contributed by atoms with Crippen LogP contribution in [-0.2, 0) is 0 Å². The minimum absolute atomic E-state index is 0.197. The molecule has 0 saturated heterocycles. The van der Waals surface area contributed by atoms with E-state index < -0.39 is 23.6 Å². The number of hydrogen-bond acceptors (Lipinski definition) is 4. The quantitative estimate of drug-likeness (QED) is 0.570. The van der Waals surface area contributed by atoms with Gasteiger partial charge in [-0.3, -0.25) is 0 Å². The summed E-state index contributed by atoms with van der Waals surface area (Å²) in [5.41, 5.74) is -0.265. The highest BCUT2D eigenvalue weighted by atomic mass is 16.4. The van der Waals surface area contributed by atoms with Gasteiger partial charge in [0.25, 0.3) is 0 Å². The van der Waals surface area contributed by atoms with Crippen LogP contribution in [0, 0.1) is 5.92 Å². The maximum absolute atomic E-state index is 10.2. The third-order valence-corrected chi connectivity index (χ3v) is 4.70. The summed E-state index contributed by atoms with van der Waals surface area (Å²) >= 11 is 0. The molecule has 29 heavy (non-hydrogen) atoms. The van der Waals surface area contributed by atoms with E-state index >= 15 is 0 Å². The van der Waals surface area contributed by atoms with E-state index in [0.29, 0.717) is 11.1 Å².